The highest BCUT2D eigenvalue weighted by Crippen LogP contribution is 2.29. The topological polar surface area (TPSA) is 81.3 Å². The first kappa shape index (κ1) is 13.1. The van der Waals surface area contributed by atoms with Crippen LogP contribution in [0.4, 0.5) is 0 Å². The molecule has 106 valence electrons. The zero-order valence-electron chi connectivity index (χ0n) is 11.6. The molecule has 0 aliphatic heterocycles. The Kier molecular flexibility index (Phi) is 3.27. The molecule has 0 atom stereocenters. The van der Waals surface area contributed by atoms with E-state index < -0.39 is 0 Å². The number of aromatic nitrogens is 3. The van der Waals surface area contributed by atoms with E-state index in [0.29, 0.717) is 11.4 Å². The van der Waals surface area contributed by atoms with E-state index >= 15 is 0 Å². The molecule has 0 aliphatic rings. The van der Waals surface area contributed by atoms with Gasteiger partial charge in [0.15, 0.2) is 0 Å². The fraction of sp³-hybridized carbons (Fsp3) is 0.133. The van der Waals surface area contributed by atoms with Crippen molar-refractivity contribution in [2.45, 2.75) is 6.92 Å². The fourth-order valence-corrected chi connectivity index (χ4v) is 2.03. The lowest BCUT2D eigenvalue weighted by molar-refractivity contribution is 0.411. The van der Waals surface area contributed by atoms with Crippen LogP contribution in [0.5, 0.6) is 11.5 Å². The summed E-state index contributed by atoms with van der Waals surface area (Å²) in [6.45, 7) is 1.94. The molecule has 3 aromatic rings. The van der Waals surface area contributed by atoms with Crippen LogP contribution < -0.4 is 4.74 Å². The third-order valence-corrected chi connectivity index (χ3v) is 3.11. The Bertz CT molecular complexity index is 783. The minimum atomic E-state index is -0.00129. The number of rotatable bonds is 3. The van der Waals surface area contributed by atoms with Crippen LogP contribution in [0.2, 0.25) is 0 Å². The van der Waals surface area contributed by atoms with Gasteiger partial charge >= 0.3 is 0 Å². The number of pyridine rings is 1. The normalized spacial score (nSPS) is 10.6. The van der Waals surface area contributed by atoms with E-state index in [9.17, 15) is 5.11 Å². The van der Waals surface area contributed by atoms with Crippen molar-refractivity contribution in [2.75, 3.05) is 7.11 Å². The number of ether oxygens (including phenoxy) is 1. The Balaban J connectivity index is 1.99. The molecule has 0 radical (unpaired) electrons. The SMILES string of the molecule is COc1ccc(-c2noc(-c3ccncc3O)n2)cc1C. The van der Waals surface area contributed by atoms with E-state index in [1.54, 1.807) is 19.4 Å². The van der Waals surface area contributed by atoms with Crippen LogP contribution in [0.3, 0.4) is 0 Å². The smallest absolute Gasteiger partial charge is 0.262 e. The van der Waals surface area contributed by atoms with Crippen molar-refractivity contribution in [3.63, 3.8) is 0 Å². The fourth-order valence-electron chi connectivity index (χ4n) is 2.03. The van der Waals surface area contributed by atoms with Gasteiger partial charge in [0.25, 0.3) is 5.89 Å². The molecule has 1 N–H and O–H groups in total. The average Bonchev–Trinajstić information content (AvgIpc) is 2.97. The van der Waals surface area contributed by atoms with Crippen LogP contribution in [0.25, 0.3) is 22.8 Å². The van der Waals surface area contributed by atoms with Crippen molar-refractivity contribution in [3.05, 3.63) is 42.2 Å². The highest BCUT2D eigenvalue weighted by atomic mass is 16.5. The van der Waals surface area contributed by atoms with Gasteiger partial charge in [0.2, 0.25) is 5.82 Å². The van der Waals surface area contributed by atoms with Gasteiger partial charge in [-0.2, -0.15) is 4.98 Å². The molecular weight excluding hydrogens is 270 g/mol. The van der Waals surface area contributed by atoms with E-state index in [-0.39, 0.29) is 11.6 Å². The molecular formula is C15H13N3O3. The largest absolute Gasteiger partial charge is 0.505 e. The summed E-state index contributed by atoms with van der Waals surface area (Å²) in [4.78, 5) is 8.11. The van der Waals surface area contributed by atoms with Gasteiger partial charge in [-0.3, -0.25) is 4.98 Å². The van der Waals surface area contributed by atoms with Gasteiger partial charge in [0, 0.05) is 11.8 Å². The molecule has 21 heavy (non-hydrogen) atoms. The van der Waals surface area contributed by atoms with E-state index in [1.165, 1.54) is 6.20 Å². The lowest BCUT2D eigenvalue weighted by Gasteiger charge is -2.04. The number of aromatic hydroxyl groups is 1. The van der Waals surface area contributed by atoms with E-state index in [4.69, 9.17) is 9.26 Å². The van der Waals surface area contributed by atoms with Crippen molar-refractivity contribution in [2.24, 2.45) is 0 Å². The number of hydrogen-bond acceptors (Lipinski definition) is 6. The molecule has 2 aromatic heterocycles. The number of nitrogens with zero attached hydrogens (tertiary/aromatic N) is 3. The van der Waals surface area contributed by atoms with Gasteiger partial charge in [0.05, 0.1) is 18.9 Å². The monoisotopic (exact) mass is 283 g/mol. The Morgan fingerprint density at radius 1 is 1.24 bits per heavy atom. The summed E-state index contributed by atoms with van der Waals surface area (Å²) in [7, 11) is 1.63. The summed E-state index contributed by atoms with van der Waals surface area (Å²) >= 11 is 0. The first-order valence-electron chi connectivity index (χ1n) is 6.31. The van der Waals surface area contributed by atoms with Crippen molar-refractivity contribution in [1.82, 2.24) is 15.1 Å². The maximum Gasteiger partial charge on any atom is 0.262 e. The summed E-state index contributed by atoms with van der Waals surface area (Å²) in [5.41, 5.74) is 2.25. The van der Waals surface area contributed by atoms with Crippen LogP contribution >= 0.6 is 0 Å². The van der Waals surface area contributed by atoms with Gasteiger partial charge < -0.3 is 14.4 Å². The molecule has 1 aromatic carbocycles. The van der Waals surface area contributed by atoms with E-state index in [1.807, 2.05) is 25.1 Å². The van der Waals surface area contributed by atoms with Gasteiger partial charge in [-0.15, -0.1) is 0 Å². The van der Waals surface area contributed by atoms with Crippen molar-refractivity contribution < 1.29 is 14.4 Å². The summed E-state index contributed by atoms with van der Waals surface area (Å²) < 4.78 is 10.4. The summed E-state index contributed by atoms with van der Waals surface area (Å²) in [5.74, 6) is 1.50. The van der Waals surface area contributed by atoms with Gasteiger partial charge in [0.1, 0.15) is 11.5 Å². The first-order valence-corrected chi connectivity index (χ1v) is 6.31. The van der Waals surface area contributed by atoms with Crippen molar-refractivity contribution in [3.8, 4) is 34.3 Å². The number of hydrogen-bond donors (Lipinski definition) is 1. The lowest BCUT2D eigenvalue weighted by Crippen LogP contribution is -1.88. The molecule has 0 bridgehead atoms. The predicted octanol–water partition coefficient (Wildman–Crippen LogP) is 2.82. The molecule has 3 rings (SSSR count). The summed E-state index contributed by atoms with van der Waals surface area (Å²) in [5, 5.41) is 13.7. The van der Waals surface area contributed by atoms with Crippen molar-refractivity contribution in [1.29, 1.82) is 0 Å². The molecule has 0 fully saturated rings. The zero-order valence-corrected chi connectivity index (χ0v) is 11.6. The second-order valence-corrected chi connectivity index (χ2v) is 4.50. The third-order valence-electron chi connectivity index (χ3n) is 3.11. The second-order valence-electron chi connectivity index (χ2n) is 4.50. The van der Waals surface area contributed by atoms with Crippen LogP contribution in [0, 0.1) is 6.92 Å². The molecule has 6 heteroatoms. The zero-order chi connectivity index (χ0) is 14.8. The minimum Gasteiger partial charge on any atom is -0.505 e. The standard InChI is InChI=1S/C15H13N3O3/c1-9-7-10(3-4-13(9)20-2)14-17-15(21-18-14)11-5-6-16-8-12(11)19/h3-8,19H,1-2H3. The van der Waals surface area contributed by atoms with Gasteiger partial charge in [-0.1, -0.05) is 5.16 Å². The minimum absolute atomic E-state index is 0.00129. The van der Waals surface area contributed by atoms with Crippen LogP contribution in [0.1, 0.15) is 5.56 Å². The molecule has 0 aliphatic carbocycles. The number of methoxy groups -OCH3 is 1. The lowest BCUT2D eigenvalue weighted by atomic mass is 10.1. The molecule has 0 saturated heterocycles. The molecule has 0 unspecified atom stereocenters. The first-order chi connectivity index (χ1) is 10.2. The molecule has 0 spiro atoms. The maximum absolute atomic E-state index is 9.75. The van der Waals surface area contributed by atoms with Crippen LogP contribution in [-0.2, 0) is 0 Å². The van der Waals surface area contributed by atoms with Crippen molar-refractivity contribution >= 4 is 0 Å². The van der Waals surface area contributed by atoms with E-state index in [2.05, 4.69) is 15.1 Å². The van der Waals surface area contributed by atoms with Crippen LogP contribution in [0.15, 0.2) is 41.2 Å². The van der Waals surface area contributed by atoms with Gasteiger partial charge in [-0.25, -0.2) is 0 Å². The maximum atomic E-state index is 9.75. The second kappa shape index (κ2) is 5.24. The summed E-state index contributed by atoms with van der Waals surface area (Å²) in [6.07, 6.45) is 2.88. The summed E-state index contributed by atoms with van der Waals surface area (Å²) in [6, 6.07) is 7.24. The number of aryl methyl sites for hydroxylation is 1. The Hall–Kier alpha value is -2.89. The highest BCUT2D eigenvalue weighted by molar-refractivity contribution is 5.64. The Labute approximate surface area is 121 Å². The molecule has 2 heterocycles. The Morgan fingerprint density at radius 2 is 2.10 bits per heavy atom. The highest BCUT2D eigenvalue weighted by Gasteiger charge is 2.14. The molecule has 0 saturated carbocycles. The van der Waals surface area contributed by atoms with Gasteiger partial charge in [-0.05, 0) is 36.8 Å². The van der Waals surface area contributed by atoms with Crippen LogP contribution in [-0.4, -0.2) is 27.3 Å². The molecule has 0 amide bonds. The Morgan fingerprint density at radius 3 is 2.81 bits per heavy atom. The quantitative estimate of drug-likeness (QED) is 0.796. The molecule has 6 nitrogen and oxygen atoms in total. The number of benzene rings is 1. The predicted molar refractivity (Wildman–Crippen MR) is 75.9 cm³/mol. The van der Waals surface area contributed by atoms with E-state index in [0.717, 1.165) is 16.9 Å². The third kappa shape index (κ3) is 2.43. The average molecular weight is 283 g/mol.